The van der Waals surface area contributed by atoms with Gasteiger partial charge in [-0.25, -0.2) is 0 Å². The third kappa shape index (κ3) is 2.55. The predicted molar refractivity (Wildman–Crippen MR) is 53.5 cm³/mol. The molecule has 1 aliphatic rings. The molecular weight excluding hydrogens is 164 g/mol. The Bertz CT molecular complexity index is 169. The van der Waals surface area contributed by atoms with Gasteiger partial charge in [-0.2, -0.15) is 0 Å². The highest BCUT2D eigenvalue weighted by Gasteiger charge is 2.31. The Hall–Kier alpha value is -0.340. The fraction of sp³-hybridized carbons (Fsp3) is 0.818. The van der Waals surface area contributed by atoms with E-state index in [1.54, 1.807) is 6.08 Å². The second-order valence-electron chi connectivity index (χ2n) is 3.99. The standard InChI is InChI=1S/C11H20O2/c1-5-9(3)10-7-12-11(4,6-2)13-8-10/h6,9-10H,2,5,7-8H2,1,3-4H3. The van der Waals surface area contributed by atoms with E-state index in [1.807, 2.05) is 6.92 Å². The van der Waals surface area contributed by atoms with Gasteiger partial charge in [-0.05, 0) is 18.9 Å². The summed E-state index contributed by atoms with van der Waals surface area (Å²) in [4.78, 5) is 0. The lowest BCUT2D eigenvalue weighted by molar-refractivity contribution is -0.249. The van der Waals surface area contributed by atoms with E-state index in [0.29, 0.717) is 11.8 Å². The van der Waals surface area contributed by atoms with Crippen LogP contribution in [0, 0.1) is 11.8 Å². The van der Waals surface area contributed by atoms with Gasteiger partial charge in [0.1, 0.15) is 0 Å². The van der Waals surface area contributed by atoms with Gasteiger partial charge in [0.15, 0.2) is 5.79 Å². The summed E-state index contributed by atoms with van der Waals surface area (Å²) in [5.41, 5.74) is 0. The molecule has 2 heteroatoms. The van der Waals surface area contributed by atoms with Crippen LogP contribution in [-0.2, 0) is 9.47 Å². The van der Waals surface area contributed by atoms with Crippen LogP contribution in [-0.4, -0.2) is 19.0 Å². The van der Waals surface area contributed by atoms with E-state index in [-0.39, 0.29) is 0 Å². The van der Waals surface area contributed by atoms with Gasteiger partial charge >= 0.3 is 0 Å². The van der Waals surface area contributed by atoms with Crippen molar-refractivity contribution in [2.45, 2.75) is 33.0 Å². The minimum atomic E-state index is -0.552. The van der Waals surface area contributed by atoms with Crippen LogP contribution in [0.3, 0.4) is 0 Å². The van der Waals surface area contributed by atoms with Crippen LogP contribution in [0.1, 0.15) is 27.2 Å². The maximum Gasteiger partial charge on any atom is 0.184 e. The van der Waals surface area contributed by atoms with E-state index in [9.17, 15) is 0 Å². The highest BCUT2D eigenvalue weighted by Crippen LogP contribution is 2.27. The molecule has 0 aromatic carbocycles. The van der Waals surface area contributed by atoms with E-state index < -0.39 is 5.79 Å². The van der Waals surface area contributed by atoms with Crippen LogP contribution in [0.15, 0.2) is 12.7 Å². The van der Waals surface area contributed by atoms with Crippen LogP contribution >= 0.6 is 0 Å². The van der Waals surface area contributed by atoms with Gasteiger partial charge in [0.05, 0.1) is 13.2 Å². The molecule has 1 heterocycles. The SMILES string of the molecule is C=CC1(C)OCC(C(C)CC)CO1. The summed E-state index contributed by atoms with van der Waals surface area (Å²) in [7, 11) is 0. The molecule has 0 bridgehead atoms. The minimum absolute atomic E-state index is 0.540. The van der Waals surface area contributed by atoms with Gasteiger partial charge in [0.25, 0.3) is 0 Å². The first-order chi connectivity index (χ1) is 6.11. The highest BCUT2D eigenvalue weighted by molar-refractivity contribution is 4.88. The summed E-state index contributed by atoms with van der Waals surface area (Å²) in [6.45, 7) is 11.6. The Morgan fingerprint density at radius 2 is 2.08 bits per heavy atom. The molecule has 0 spiro atoms. The number of rotatable bonds is 3. The average molecular weight is 184 g/mol. The lowest BCUT2D eigenvalue weighted by Gasteiger charge is -2.37. The number of hydrogen-bond donors (Lipinski definition) is 0. The number of ether oxygens (including phenoxy) is 2. The first kappa shape index (κ1) is 10.7. The Morgan fingerprint density at radius 1 is 1.54 bits per heavy atom. The van der Waals surface area contributed by atoms with E-state index >= 15 is 0 Å². The summed E-state index contributed by atoms with van der Waals surface area (Å²) in [5.74, 6) is 0.664. The van der Waals surface area contributed by atoms with Crippen molar-refractivity contribution in [3.05, 3.63) is 12.7 Å². The monoisotopic (exact) mass is 184 g/mol. The second kappa shape index (κ2) is 4.25. The molecule has 1 rings (SSSR count). The molecule has 76 valence electrons. The van der Waals surface area contributed by atoms with Gasteiger partial charge in [-0.15, -0.1) is 0 Å². The molecule has 1 saturated heterocycles. The largest absolute Gasteiger partial charge is 0.346 e. The van der Waals surface area contributed by atoms with Crippen molar-refractivity contribution in [2.24, 2.45) is 11.8 Å². The van der Waals surface area contributed by atoms with Crippen molar-refractivity contribution in [2.75, 3.05) is 13.2 Å². The highest BCUT2D eigenvalue weighted by atomic mass is 16.7. The average Bonchev–Trinajstić information content (AvgIpc) is 2.18. The van der Waals surface area contributed by atoms with Crippen molar-refractivity contribution >= 4 is 0 Å². The maximum atomic E-state index is 5.61. The van der Waals surface area contributed by atoms with Crippen molar-refractivity contribution < 1.29 is 9.47 Å². The van der Waals surface area contributed by atoms with Crippen molar-refractivity contribution in [3.63, 3.8) is 0 Å². The molecule has 1 unspecified atom stereocenters. The van der Waals surface area contributed by atoms with E-state index in [1.165, 1.54) is 6.42 Å². The molecule has 0 saturated carbocycles. The van der Waals surface area contributed by atoms with Gasteiger partial charge in [-0.1, -0.05) is 26.8 Å². The van der Waals surface area contributed by atoms with E-state index in [4.69, 9.17) is 9.47 Å². The molecule has 0 aromatic heterocycles. The molecule has 0 aromatic rings. The Kier molecular flexibility index (Phi) is 3.51. The molecular formula is C11H20O2. The zero-order valence-electron chi connectivity index (χ0n) is 8.88. The lowest BCUT2D eigenvalue weighted by atomic mass is 9.92. The Labute approximate surface area is 80.9 Å². The Balaban J connectivity index is 2.43. The zero-order chi connectivity index (χ0) is 9.90. The van der Waals surface area contributed by atoms with Crippen molar-refractivity contribution in [1.29, 1.82) is 0 Å². The first-order valence-corrected chi connectivity index (χ1v) is 5.03. The van der Waals surface area contributed by atoms with Gasteiger partial charge in [-0.3, -0.25) is 0 Å². The molecule has 0 aliphatic carbocycles. The number of hydrogen-bond acceptors (Lipinski definition) is 2. The van der Waals surface area contributed by atoms with Crippen LogP contribution in [0.2, 0.25) is 0 Å². The predicted octanol–water partition coefficient (Wildman–Crippen LogP) is 2.60. The molecule has 13 heavy (non-hydrogen) atoms. The third-order valence-electron chi connectivity index (χ3n) is 2.99. The minimum Gasteiger partial charge on any atom is -0.346 e. The zero-order valence-corrected chi connectivity index (χ0v) is 8.88. The van der Waals surface area contributed by atoms with Gasteiger partial charge in [0, 0.05) is 5.92 Å². The molecule has 0 radical (unpaired) electrons. The molecule has 0 N–H and O–H groups in total. The van der Waals surface area contributed by atoms with Crippen molar-refractivity contribution in [3.8, 4) is 0 Å². The molecule has 1 fully saturated rings. The summed E-state index contributed by atoms with van der Waals surface area (Å²) in [5, 5.41) is 0. The summed E-state index contributed by atoms with van der Waals surface area (Å²) in [6.07, 6.45) is 2.90. The molecule has 2 nitrogen and oxygen atoms in total. The first-order valence-electron chi connectivity index (χ1n) is 5.03. The van der Waals surface area contributed by atoms with Gasteiger partial charge < -0.3 is 9.47 Å². The maximum absolute atomic E-state index is 5.61. The summed E-state index contributed by atoms with van der Waals surface area (Å²) in [6, 6.07) is 0. The molecule has 0 amide bonds. The summed E-state index contributed by atoms with van der Waals surface area (Å²) >= 11 is 0. The smallest absolute Gasteiger partial charge is 0.184 e. The fourth-order valence-electron chi connectivity index (χ4n) is 1.41. The third-order valence-corrected chi connectivity index (χ3v) is 2.99. The van der Waals surface area contributed by atoms with Gasteiger partial charge in [0.2, 0.25) is 0 Å². The normalized spacial score (nSPS) is 37.0. The van der Waals surface area contributed by atoms with Crippen LogP contribution < -0.4 is 0 Å². The molecule has 1 aliphatic heterocycles. The van der Waals surface area contributed by atoms with E-state index in [0.717, 1.165) is 13.2 Å². The quantitative estimate of drug-likeness (QED) is 0.628. The van der Waals surface area contributed by atoms with Crippen molar-refractivity contribution in [1.82, 2.24) is 0 Å². The van der Waals surface area contributed by atoms with Crippen LogP contribution in [0.25, 0.3) is 0 Å². The fourth-order valence-corrected chi connectivity index (χ4v) is 1.41. The Morgan fingerprint density at radius 3 is 2.46 bits per heavy atom. The topological polar surface area (TPSA) is 18.5 Å². The molecule has 1 atom stereocenters. The lowest BCUT2D eigenvalue weighted by Crippen LogP contribution is -2.42. The van der Waals surface area contributed by atoms with Crippen LogP contribution in [0.5, 0.6) is 0 Å². The van der Waals surface area contributed by atoms with Crippen LogP contribution in [0.4, 0.5) is 0 Å². The summed E-state index contributed by atoms with van der Waals surface area (Å²) < 4.78 is 11.2. The van der Waals surface area contributed by atoms with E-state index in [2.05, 4.69) is 20.4 Å². The second-order valence-corrected chi connectivity index (χ2v) is 3.99.